The fourth-order valence-electron chi connectivity index (χ4n) is 4.71. The molecule has 4 nitrogen and oxygen atoms in total. The first-order chi connectivity index (χ1) is 19.2. The van der Waals surface area contributed by atoms with Crippen LogP contribution in [-0.4, -0.2) is 34.9 Å². The average Bonchev–Trinajstić information content (AvgIpc) is 2.94. The van der Waals surface area contributed by atoms with Crippen molar-refractivity contribution in [3.63, 3.8) is 0 Å². The van der Waals surface area contributed by atoms with Crippen molar-refractivity contribution in [2.24, 2.45) is 0 Å². The summed E-state index contributed by atoms with van der Waals surface area (Å²) in [4.78, 5) is 12.2. The SMILES string of the molecule is CCCCCC/C=C\CCCCCCCC(=O)NC(CO)C(O)/C=C/CC/C=C/CCCCCCCCCC. The van der Waals surface area contributed by atoms with Crippen LogP contribution in [-0.2, 0) is 4.79 Å². The molecule has 0 radical (unpaired) electrons. The quantitative estimate of drug-likeness (QED) is 0.0645. The molecule has 0 saturated heterocycles. The summed E-state index contributed by atoms with van der Waals surface area (Å²) in [7, 11) is 0. The molecule has 0 saturated carbocycles. The maximum atomic E-state index is 12.2. The van der Waals surface area contributed by atoms with Crippen LogP contribution in [0.25, 0.3) is 0 Å². The molecule has 0 aliphatic rings. The molecule has 39 heavy (non-hydrogen) atoms. The van der Waals surface area contributed by atoms with Crippen LogP contribution in [0, 0.1) is 0 Å². The maximum absolute atomic E-state index is 12.2. The first-order valence-electron chi connectivity index (χ1n) is 16.7. The number of hydrogen-bond donors (Lipinski definition) is 3. The summed E-state index contributed by atoms with van der Waals surface area (Å²) in [5.74, 6) is -0.0867. The van der Waals surface area contributed by atoms with Crippen LogP contribution in [0.15, 0.2) is 36.5 Å². The lowest BCUT2D eigenvalue weighted by Crippen LogP contribution is -2.45. The summed E-state index contributed by atoms with van der Waals surface area (Å²) < 4.78 is 0. The normalized spacial score (nSPS) is 13.6. The lowest BCUT2D eigenvalue weighted by atomic mass is 10.1. The van der Waals surface area contributed by atoms with E-state index in [4.69, 9.17) is 0 Å². The van der Waals surface area contributed by atoms with Crippen molar-refractivity contribution in [3.8, 4) is 0 Å². The van der Waals surface area contributed by atoms with Gasteiger partial charge in [-0.15, -0.1) is 0 Å². The number of aliphatic hydroxyl groups is 2. The molecule has 0 aromatic rings. The second kappa shape index (κ2) is 31.1. The maximum Gasteiger partial charge on any atom is 0.220 e. The number of carbonyl (C=O) groups excluding carboxylic acids is 1. The van der Waals surface area contributed by atoms with Gasteiger partial charge < -0.3 is 15.5 Å². The number of rotatable bonds is 29. The van der Waals surface area contributed by atoms with Gasteiger partial charge in [-0.05, 0) is 57.8 Å². The molecule has 0 aliphatic carbocycles. The Labute approximate surface area is 242 Å². The molecular formula is C35H65NO3. The molecule has 0 fully saturated rings. The topological polar surface area (TPSA) is 69.6 Å². The molecule has 0 heterocycles. The summed E-state index contributed by atoms with van der Waals surface area (Å²) in [6.07, 6.45) is 39.3. The highest BCUT2D eigenvalue weighted by Gasteiger charge is 2.17. The van der Waals surface area contributed by atoms with Gasteiger partial charge in [0.15, 0.2) is 0 Å². The van der Waals surface area contributed by atoms with Crippen molar-refractivity contribution in [1.82, 2.24) is 5.32 Å². The molecule has 1 amide bonds. The third-order valence-corrected chi connectivity index (χ3v) is 7.35. The summed E-state index contributed by atoms with van der Waals surface area (Å²) in [6, 6.07) is -0.639. The smallest absolute Gasteiger partial charge is 0.220 e. The highest BCUT2D eigenvalue weighted by molar-refractivity contribution is 5.76. The van der Waals surface area contributed by atoms with E-state index in [1.807, 2.05) is 6.08 Å². The number of hydrogen-bond acceptors (Lipinski definition) is 3. The molecule has 3 N–H and O–H groups in total. The zero-order chi connectivity index (χ0) is 28.7. The number of aliphatic hydroxyl groups excluding tert-OH is 2. The predicted octanol–water partition coefficient (Wildman–Crippen LogP) is 9.51. The first-order valence-corrected chi connectivity index (χ1v) is 16.7. The largest absolute Gasteiger partial charge is 0.394 e. The lowest BCUT2D eigenvalue weighted by molar-refractivity contribution is -0.123. The van der Waals surface area contributed by atoms with Crippen LogP contribution >= 0.6 is 0 Å². The van der Waals surface area contributed by atoms with E-state index < -0.39 is 12.1 Å². The van der Waals surface area contributed by atoms with E-state index in [2.05, 4.69) is 43.5 Å². The predicted molar refractivity (Wildman–Crippen MR) is 170 cm³/mol. The van der Waals surface area contributed by atoms with Crippen molar-refractivity contribution in [3.05, 3.63) is 36.5 Å². The lowest BCUT2D eigenvalue weighted by Gasteiger charge is -2.19. The Morgan fingerprint density at radius 2 is 1.00 bits per heavy atom. The minimum Gasteiger partial charge on any atom is -0.394 e. The second-order valence-corrected chi connectivity index (χ2v) is 11.2. The highest BCUT2D eigenvalue weighted by Crippen LogP contribution is 2.11. The van der Waals surface area contributed by atoms with Gasteiger partial charge in [0.1, 0.15) is 0 Å². The summed E-state index contributed by atoms with van der Waals surface area (Å²) in [6.45, 7) is 4.25. The monoisotopic (exact) mass is 547 g/mol. The van der Waals surface area contributed by atoms with Gasteiger partial charge in [0.25, 0.3) is 0 Å². The van der Waals surface area contributed by atoms with Crippen molar-refractivity contribution in [1.29, 1.82) is 0 Å². The van der Waals surface area contributed by atoms with Crippen LogP contribution in [0.2, 0.25) is 0 Å². The van der Waals surface area contributed by atoms with Crippen molar-refractivity contribution >= 4 is 5.91 Å². The van der Waals surface area contributed by atoms with Crippen LogP contribution < -0.4 is 5.32 Å². The van der Waals surface area contributed by atoms with E-state index in [-0.39, 0.29) is 12.5 Å². The number of amides is 1. The Morgan fingerprint density at radius 1 is 0.590 bits per heavy atom. The van der Waals surface area contributed by atoms with Crippen LogP contribution in [0.1, 0.15) is 162 Å². The van der Waals surface area contributed by atoms with Gasteiger partial charge in [-0.1, -0.05) is 134 Å². The van der Waals surface area contributed by atoms with E-state index in [0.717, 1.165) is 44.9 Å². The number of allylic oxidation sites excluding steroid dienone is 5. The summed E-state index contributed by atoms with van der Waals surface area (Å²) >= 11 is 0. The van der Waals surface area contributed by atoms with Gasteiger partial charge in [0, 0.05) is 6.42 Å². The van der Waals surface area contributed by atoms with Crippen molar-refractivity contribution in [2.45, 2.75) is 174 Å². The molecule has 4 heteroatoms. The summed E-state index contributed by atoms with van der Waals surface area (Å²) in [5.41, 5.74) is 0. The number of unbranched alkanes of at least 4 members (excludes halogenated alkanes) is 18. The Kier molecular flexibility index (Phi) is 30.0. The third kappa shape index (κ3) is 28.0. The number of carbonyl (C=O) groups is 1. The van der Waals surface area contributed by atoms with Gasteiger partial charge in [-0.3, -0.25) is 4.79 Å². The minimum atomic E-state index is -0.861. The fraction of sp³-hybridized carbons (Fsp3) is 0.800. The van der Waals surface area contributed by atoms with Crippen molar-refractivity contribution in [2.75, 3.05) is 6.61 Å². The Bertz CT molecular complexity index is 599. The van der Waals surface area contributed by atoms with Crippen LogP contribution in [0.3, 0.4) is 0 Å². The molecule has 228 valence electrons. The van der Waals surface area contributed by atoms with Crippen LogP contribution in [0.5, 0.6) is 0 Å². The fourth-order valence-corrected chi connectivity index (χ4v) is 4.71. The van der Waals surface area contributed by atoms with E-state index in [0.29, 0.717) is 6.42 Å². The summed E-state index contributed by atoms with van der Waals surface area (Å²) in [5, 5.41) is 22.8. The second-order valence-electron chi connectivity index (χ2n) is 11.2. The van der Waals surface area contributed by atoms with E-state index in [1.165, 1.54) is 96.3 Å². The first kappa shape index (κ1) is 37.6. The van der Waals surface area contributed by atoms with Crippen molar-refractivity contribution < 1.29 is 15.0 Å². The van der Waals surface area contributed by atoms with E-state index in [1.54, 1.807) is 6.08 Å². The van der Waals surface area contributed by atoms with E-state index >= 15 is 0 Å². The zero-order valence-electron chi connectivity index (χ0n) is 25.9. The minimum absolute atomic E-state index is 0.0867. The molecule has 2 atom stereocenters. The Balaban J connectivity index is 3.74. The van der Waals surface area contributed by atoms with Gasteiger partial charge >= 0.3 is 0 Å². The average molecular weight is 548 g/mol. The van der Waals surface area contributed by atoms with Gasteiger partial charge in [0.2, 0.25) is 5.91 Å². The molecule has 0 rings (SSSR count). The molecular weight excluding hydrogens is 482 g/mol. The Hall–Kier alpha value is -1.39. The zero-order valence-corrected chi connectivity index (χ0v) is 25.9. The van der Waals surface area contributed by atoms with Crippen LogP contribution in [0.4, 0.5) is 0 Å². The standard InChI is InChI=1S/C35H65NO3/c1-3-5-7-9-11-13-15-17-19-20-22-24-26-28-30-34(38)33(32-37)36-35(39)31-29-27-25-23-21-18-16-14-12-10-8-6-4-2/h14,16,20,22,28,30,33-34,37-38H,3-13,15,17-19,21,23-27,29,31-32H2,1-2H3,(H,36,39)/b16-14-,22-20+,30-28+. The molecule has 2 unspecified atom stereocenters. The van der Waals surface area contributed by atoms with Gasteiger partial charge in [-0.25, -0.2) is 0 Å². The third-order valence-electron chi connectivity index (χ3n) is 7.35. The molecule has 0 aliphatic heterocycles. The Morgan fingerprint density at radius 3 is 1.51 bits per heavy atom. The van der Waals surface area contributed by atoms with Gasteiger partial charge in [-0.2, -0.15) is 0 Å². The highest BCUT2D eigenvalue weighted by atomic mass is 16.3. The molecule has 0 aromatic heterocycles. The van der Waals surface area contributed by atoms with Gasteiger partial charge in [0.05, 0.1) is 18.8 Å². The van der Waals surface area contributed by atoms with E-state index in [9.17, 15) is 15.0 Å². The number of nitrogens with one attached hydrogen (secondary N) is 1. The molecule has 0 aromatic carbocycles. The molecule has 0 bridgehead atoms. The molecule has 0 spiro atoms.